The molecule has 2 aliphatic rings. The third-order valence-electron chi connectivity index (χ3n) is 7.22. The minimum Gasteiger partial charge on any atom is -0.481 e. The van der Waals surface area contributed by atoms with Crippen LogP contribution in [0.3, 0.4) is 0 Å². The van der Waals surface area contributed by atoms with Crippen molar-refractivity contribution in [1.29, 1.82) is 0 Å². The van der Waals surface area contributed by atoms with Crippen molar-refractivity contribution < 1.29 is 24.2 Å². The van der Waals surface area contributed by atoms with Gasteiger partial charge >= 0.3 is 12.1 Å². The second-order valence-corrected chi connectivity index (χ2v) is 9.64. The molecule has 1 atom stereocenters. The summed E-state index contributed by atoms with van der Waals surface area (Å²) in [6, 6.07) is 14.9. The summed E-state index contributed by atoms with van der Waals surface area (Å²) in [5, 5.41) is 14.7. The molecule has 0 heterocycles. The number of aliphatic carboxylic acids is 1. The highest BCUT2D eigenvalue weighted by Crippen LogP contribution is 2.44. The smallest absolute Gasteiger partial charge is 0.407 e. The van der Waals surface area contributed by atoms with Crippen LogP contribution in [0.4, 0.5) is 4.79 Å². The largest absolute Gasteiger partial charge is 0.481 e. The summed E-state index contributed by atoms with van der Waals surface area (Å²) >= 11 is 0. The van der Waals surface area contributed by atoms with Crippen molar-refractivity contribution in [3.8, 4) is 11.1 Å². The Morgan fingerprint density at radius 1 is 0.971 bits per heavy atom. The summed E-state index contributed by atoms with van der Waals surface area (Å²) in [6.45, 7) is 2.28. The van der Waals surface area contributed by atoms with E-state index in [0.29, 0.717) is 5.92 Å². The van der Waals surface area contributed by atoms with Crippen molar-refractivity contribution in [2.24, 2.45) is 5.92 Å². The minimum atomic E-state index is -1.18. The van der Waals surface area contributed by atoms with E-state index in [2.05, 4.69) is 29.7 Å². The molecule has 0 aromatic heterocycles. The molecule has 35 heavy (non-hydrogen) atoms. The van der Waals surface area contributed by atoms with E-state index in [1.165, 1.54) is 6.42 Å². The molecule has 2 aliphatic carbocycles. The number of fused-ring (bicyclic) bond motifs is 3. The van der Waals surface area contributed by atoms with Crippen molar-refractivity contribution in [2.45, 2.75) is 69.9 Å². The molecule has 0 bridgehead atoms. The van der Waals surface area contributed by atoms with Gasteiger partial charge < -0.3 is 20.5 Å². The fourth-order valence-corrected chi connectivity index (χ4v) is 5.47. The summed E-state index contributed by atoms with van der Waals surface area (Å²) < 4.78 is 5.51. The first-order chi connectivity index (χ1) is 17.0. The number of nitrogens with one attached hydrogen (secondary N) is 2. The lowest BCUT2D eigenvalue weighted by molar-refractivity contribution is -0.140. The second kappa shape index (κ2) is 11.4. The van der Waals surface area contributed by atoms with Gasteiger partial charge in [-0.2, -0.15) is 0 Å². The highest BCUT2D eigenvalue weighted by Gasteiger charge is 2.31. The molecule has 0 radical (unpaired) electrons. The number of carbonyl (C=O) groups excluding carboxylic acids is 2. The number of rotatable bonds is 9. The number of hydrogen-bond donors (Lipinski definition) is 3. The Kier molecular flexibility index (Phi) is 8.06. The van der Waals surface area contributed by atoms with Gasteiger partial charge in [-0.05, 0) is 53.9 Å². The van der Waals surface area contributed by atoms with E-state index in [-0.39, 0.29) is 18.6 Å². The molecular weight excluding hydrogens is 444 g/mol. The van der Waals surface area contributed by atoms with Crippen LogP contribution in [0, 0.1) is 5.92 Å². The predicted octanol–water partition coefficient (Wildman–Crippen LogP) is 4.84. The molecular formula is C28H34N2O5. The van der Waals surface area contributed by atoms with Crippen molar-refractivity contribution >= 4 is 18.0 Å². The van der Waals surface area contributed by atoms with E-state index in [4.69, 9.17) is 4.74 Å². The summed E-state index contributed by atoms with van der Waals surface area (Å²) in [6.07, 6.45) is 4.94. The Morgan fingerprint density at radius 2 is 1.57 bits per heavy atom. The Bertz CT molecular complexity index is 1020. The number of carbonyl (C=O) groups is 3. The van der Waals surface area contributed by atoms with E-state index in [9.17, 15) is 19.5 Å². The lowest BCUT2D eigenvalue weighted by Crippen LogP contribution is -2.51. The summed E-state index contributed by atoms with van der Waals surface area (Å²) in [5.74, 6) is -1.05. The maximum atomic E-state index is 12.8. The monoisotopic (exact) mass is 478 g/mol. The third-order valence-corrected chi connectivity index (χ3v) is 7.22. The van der Waals surface area contributed by atoms with Gasteiger partial charge in [-0.3, -0.25) is 9.59 Å². The van der Waals surface area contributed by atoms with Crippen LogP contribution in [0.25, 0.3) is 11.1 Å². The zero-order valence-corrected chi connectivity index (χ0v) is 20.2. The summed E-state index contributed by atoms with van der Waals surface area (Å²) in [5.41, 5.74) is 4.41. The molecule has 3 N–H and O–H groups in total. The van der Waals surface area contributed by atoms with Crippen molar-refractivity contribution in [3.05, 3.63) is 59.7 Å². The SMILES string of the molecule is CCCC1CCC(NC(=O)C(CC(=O)O)NC(=O)OCC2c3ccccc3-c3ccccc32)CC1. The van der Waals surface area contributed by atoms with Gasteiger partial charge in [0.05, 0.1) is 6.42 Å². The minimum absolute atomic E-state index is 0.0104. The van der Waals surface area contributed by atoms with E-state index in [1.807, 2.05) is 36.4 Å². The Labute approximate surface area is 206 Å². The number of alkyl carbamates (subject to hydrolysis) is 1. The Balaban J connectivity index is 1.34. The van der Waals surface area contributed by atoms with Gasteiger partial charge in [0.25, 0.3) is 0 Å². The molecule has 4 rings (SSSR count). The van der Waals surface area contributed by atoms with E-state index < -0.39 is 30.4 Å². The molecule has 1 fully saturated rings. The number of benzene rings is 2. The highest BCUT2D eigenvalue weighted by molar-refractivity contribution is 5.89. The first kappa shape index (κ1) is 24.8. The lowest BCUT2D eigenvalue weighted by atomic mass is 9.83. The van der Waals surface area contributed by atoms with Gasteiger partial charge in [0, 0.05) is 12.0 Å². The standard InChI is InChI=1S/C28H34N2O5/c1-2-7-18-12-14-19(15-13-18)29-27(33)25(16-26(31)32)30-28(34)35-17-24-22-10-5-3-8-20(22)21-9-4-6-11-23(21)24/h3-6,8-11,18-19,24-25H,2,7,12-17H2,1H3,(H,29,33)(H,30,34)(H,31,32). The molecule has 186 valence electrons. The first-order valence-corrected chi connectivity index (χ1v) is 12.6. The summed E-state index contributed by atoms with van der Waals surface area (Å²) in [4.78, 5) is 36.8. The number of carboxylic acids is 1. The van der Waals surface area contributed by atoms with Gasteiger partial charge in [-0.25, -0.2) is 4.79 Å². The van der Waals surface area contributed by atoms with Crippen LogP contribution in [-0.4, -0.2) is 41.8 Å². The van der Waals surface area contributed by atoms with Crippen LogP contribution in [0.1, 0.15) is 68.9 Å². The number of amides is 2. The van der Waals surface area contributed by atoms with E-state index in [0.717, 1.165) is 54.4 Å². The number of carboxylic acid groups (broad SMARTS) is 1. The van der Waals surface area contributed by atoms with Crippen LogP contribution >= 0.6 is 0 Å². The number of hydrogen-bond acceptors (Lipinski definition) is 4. The molecule has 7 heteroatoms. The quantitative estimate of drug-likeness (QED) is 0.478. The zero-order valence-electron chi connectivity index (χ0n) is 20.2. The van der Waals surface area contributed by atoms with Gasteiger partial charge in [-0.1, -0.05) is 68.3 Å². The molecule has 2 aromatic rings. The molecule has 0 saturated heterocycles. The van der Waals surface area contributed by atoms with Crippen LogP contribution < -0.4 is 10.6 Å². The van der Waals surface area contributed by atoms with Crippen LogP contribution in [0.2, 0.25) is 0 Å². The average molecular weight is 479 g/mol. The van der Waals surface area contributed by atoms with Crippen LogP contribution in [-0.2, 0) is 14.3 Å². The molecule has 1 unspecified atom stereocenters. The van der Waals surface area contributed by atoms with Gasteiger partial charge in [0.2, 0.25) is 5.91 Å². The molecule has 7 nitrogen and oxygen atoms in total. The van der Waals surface area contributed by atoms with Gasteiger partial charge in [-0.15, -0.1) is 0 Å². The molecule has 0 spiro atoms. The normalized spacial score (nSPS) is 19.8. The van der Waals surface area contributed by atoms with Crippen LogP contribution in [0.15, 0.2) is 48.5 Å². The fraction of sp³-hybridized carbons (Fsp3) is 0.464. The maximum Gasteiger partial charge on any atom is 0.407 e. The van der Waals surface area contributed by atoms with Gasteiger partial charge in [0.15, 0.2) is 0 Å². The topological polar surface area (TPSA) is 105 Å². The Morgan fingerprint density at radius 3 is 2.14 bits per heavy atom. The van der Waals surface area contributed by atoms with Crippen LogP contribution in [0.5, 0.6) is 0 Å². The molecule has 0 aliphatic heterocycles. The van der Waals surface area contributed by atoms with Crippen molar-refractivity contribution in [2.75, 3.05) is 6.61 Å². The molecule has 2 amide bonds. The van der Waals surface area contributed by atoms with E-state index in [1.54, 1.807) is 0 Å². The zero-order chi connectivity index (χ0) is 24.8. The second-order valence-electron chi connectivity index (χ2n) is 9.64. The van der Waals surface area contributed by atoms with Crippen molar-refractivity contribution in [1.82, 2.24) is 10.6 Å². The lowest BCUT2D eigenvalue weighted by Gasteiger charge is -2.30. The van der Waals surface area contributed by atoms with Gasteiger partial charge in [0.1, 0.15) is 12.6 Å². The van der Waals surface area contributed by atoms with E-state index >= 15 is 0 Å². The summed E-state index contributed by atoms with van der Waals surface area (Å²) in [7, 11) is 0. The first-order valence-electron chi connectivity index (χ1n) is 12.6. The van der Waals surface area contributed by atoms with Crippen molar-refractivity contribution in [3.63, 3.8) is 0 Å². The highest BCUT2D eigenvalue weighted by atomic mass is 16.5. The number of ether oxygens (including phenoxy) is 1. The third kappa shape index (κ3) is 6.02. The molecule has 2 aromatic carbocycles. The fourth-order valence-electron chi connectivity index (χ4n) is 5.47. The molecule has 1 saturated carbocycles. The Hall–Kier alpha value is -3.35. The average Bonchev–Trinajstić information content (AvgIpc) is 3.17. The maximum absolute atomic E-state index is 12.8. The predicted molar refractivity (Wildman–Crippen MR) is 133 cm³/mol.